The summed E-state index contributed by atoms with van der Waals surface area (Å²) in [6, 6.07) is 6.68. The Balaban J connectivity index is 1.69. The Bertz CT molecular complexity index is 884. The predicted molar refractivity (Wildman–Crippen MR) is 97.4 cm³/mol. The van der Waals surface area contributed by atoms with Crippen molar-refractivity contribution in [3.05, 3.63) is 35.4 Å². The van der Waals surface area contributed by atoms with Crippen LogP contribution in [0.1, 0.15) is 30.9 Å². The standard InChI is InChI=1S/C19H21N3O7/c1-11(15(24)20-18(27)28-2)29-14(23)10-22-16(25)19(21-17(22)26)9-5-7-12-6-3-4-8-13(12)19/h3-4,6,8,11H,5,7,9-10H2,1-2H3,(H,21,26)(H,20,24,27)/t11-,19+/m1/s1. The van der Waals surface area contributed by atoms with Gasteiger partial charge in [0.05, 0.1) is 7.11 Å². The van der Waals surface area contributed by atoms with Gasteiger partial charge in [-0.15, -0.1) is 0 Å². The maximum absolute atomic E-state index is 13.1. The number of alkyl carbamates (subject to hydrolysis) is 1. The minimum Gasteiger partial charge on any atom is -0.453 e. The van der Waals surface area contributed by atoms with Crippen molar-refractivity contribution in [1.82, 2.24) is 15.5 Å². The van der Waals surface area contributed by atoms with Crippen LogP contribution in [0.4, 0.5) is 9.59 Å². The van der Waals surface area contributed by atoms with E-state index >= 15 is 0 Å². The summed E-state index contributed by atoms with van der Waals surface area (Å²) in [7, 11) is 1.08. The molecule has 0 saturated carbocycles. The maximum Gasteiger partial charge on any atom is 0.413 e. The summed E-state index contributed by atoms with van der Waals surface area (Å²) >= 11 is 0. The minimum atomic E-state index is -1.31. The van der Waals surface area contributed by atoms with Gasteiger partial charge in [-0.05, 0) is 37.3 Å². The fourth-order valence-electron chi connectivity index (χ4n) is 3.63. The number of hydrogen-bond donors (Lipinski definition) is 2. The number of imide groups is 2. The largest absolute Gasteiger partial charge is 0.453 e. The maximum atomic E-state index is 13.1. The van der Waals surface area contributed by atoms with E-state index in [0.717, 1.165) is 29.6 Å². The predicted octanol–water partition coefficient (Wildman–Crippen LogP) is 0.584. The van der Waals surface area contributed by atoms with Gasteiger partial charge in [0.15, 0.2) is 6.10 Å². The van der Waals surface area contributed by atoms with Crippen LogP contribution in [0.3, 0.4) is 0 Å². The van der Waals surface area contributed by atoms with E-state index in [1.54, 1.807) is 12.1 Å². The van der Waals surface area contributed by atoms with Crippen molar-refractivity contribution in [1.29, 1.82) is 0 Å². The van der Waals surface area contributed by atoms with Gasteiger partial charge in [-0.2, -0.15) is 0 Å². The molecule has 3 rings (SSSR count). The molecular formula is C19H21N3O7. The first-order chi connectivity index (χ1) is 13.8. The number of urea groups is 1. The molecule has 10 nitrogen and oxygen atoms in total. The summed E-state index contributed by atoms with van der Waals surface area (Å²) in [5.41, 5.74) is 0.510. The highest BCUT2D eigenvalue weighted by atomic mass is 16.6. The molecule has 154 valence electrons. The van der Waals surface area contributed by atoms with E-state index in [1.807, 2.05) is 17.4 Å². The molecule has 10 heteroatoms. The average Bonchev–Trinajstić information content (AvgIpc) is 2.92. The van der Waals surface area contributed by atoms with E-state index in [1.165, 1.54) is 6.92 Å². The number of rotatable bonds is 4. The summed E-state index contributed by atoms with van der Waals surface area (Å²) in [6.45, 7) is 0.603. The number of fused-ring (bicyclic) bond motifs is 2. The van der Waals surface area contributed by atoms with Crippen LogP contribution in [0.2, 0.25) is 0 Å². The van der Waals surface area contributed by atoms with Crippen LogP contribution in [-0.4, -0.2) is 54.6 Å². The molecule has 29 heavy (non-hydrogen) atoms. The van der Waals surface area contributed by atoms with E-state index in [2.05, 4.69) is 10.1 Å². The number of amides is 5. The number of ether oxygens (including phenoxy) is 2. The highest BCUT2D eigenvalue weighted by Crippen LogP contribution is 2.39. The first kappa shape index (κ1) is 20.3. The summed E-state index contributed by atoms with van der Waals surface area (Å²) in [5, 5.41) is 4.60. The summed E-state index contributed by atoms with van der Waals surface area (Å²) < 4.78 is 9.22. The number of carbonyl (C=O) groups excluding carboxylic acids is 5. The van der Waals surface area contributed by atoms with E-state index in [0.29, 0.717) is 12.8 Å². The van der Waals surface area contributed by atoms with E-state index in [-0.39, 0.29) is 0 Å². The van der Waals surface area contributed by atoms with Crippen LogP contribution in [0.5, 0.6) is 0 Å². The highest BCUT2D eigenvalue weighted by Gasteiger charge is 2.54. The Kier molecular flexibility index (Phi) is 5.53. The van der Waals surface area contributed by atoms with Gasteiger partial charge in [0, 0.05) is 0 Å². The fourth-order valence-corrected chi connectivity index (χ4v) is 3.63. The van der Waals surface area contributed by atoms with Gasteiger partial charge in [0.1, 0.15) is 12.1 Å². The molecule has 5 amide bonds. The number of benzene rings is 1. The van der Waals surface area contributed by atoms with Crippen molar-refractivity contribution in [2.45, 2.75) is 37.8 Å². The van der Waals surface area contributed by atoms with Gasteiger partial charge in [-0.25, -0.2) is 9.59 Å². The van der Waals surface area contributed by atoms with E-state index in [4.69, 9.17) is 4.74 Å². The smallest absolute Gasteiger partial charge is 0.413 e. The number of carbonyl (C=O) groups is 5. The van der Waals surface area contributed by atoms with Crippen LogP contribution in [0.25, 0.3) is 0 Å². The van der Waals surface area contributed by atoms with Crippen LogP contribution in [0, 0.1) is 0 Å². The third-order valence-electron chi connectivity index (χ3n) is 5.03. The Labute approximate surface area is 166 Å². The molecule has 2 aliphatic rings. The van der Waals surface area contributed by atoms with Crippen molar-refractivity contribution in [2.75, 3.05) is 13.7 Å². The lowest BCUT2D eigenvalue weighted by Gasteiger charge is -2.33. The van der Waals surface area contributed by atoms with Crippen molar-refractivity contribution in [3.8, 4) is 0 Å². The molecule has 0 unspecified atom stereocenters. The van der Waals surface area contributed by atoms with Gasteiger partial charge in [-0.3, -0.25) is 24.6 Å². The topological polar surface area (TPSA) is 131 Å². The summed E-state index contributed by atoms with van der Waals surface area (Å²) in [6.07, 6.45) is -0.364. The molecule has 1 saturated heterocycles. The second kappa shape index (κ2) is 7.90. The Morgan fingerprint density at radius 3 is 2.72 bits per heavy atom. The molecule has 0 radical (unpaired) electrons. The summed E-state index contributed by atoms with van der Waals surface area (Å²) in [5.74, 6) is -2.37. The molecule has 1 spiro atoms. The lowest BCUT2D eigenvalue weighted by Crippen LogP contribution is -2.47. The lowest BCUT2D eigenvalue weighted by atomic mass is 9.76. The van der Waals surface area contributed by atoms with Gasteiger partial charge in [0.25, 0.3) is 11.8 Å². The second-order valence-electron chi connectivity index (χ2n) is 6.85. The fraction of sp³-hybridized carbons (Fsp3) is 0.421. The number of nitrogens with one attached hydrogen (secondary N) is 2. The number of methoxy groups -OCH3 is 1. The second-order valence-corrected chi connectivity index (χ2v) is 6.85. The van der Waals surface area contributed by atoms with Crippen LogP contribution < -0.4 is 10.6 Å². The molecule has 1 heterocycles. The third kappa shape index (κ3) is 3.78. The van der Waals surface area contributed by atoms with E-state index in [9.17, 15) is 24.0 Å². The van der Waals surface area contributed by atoms with Gasteiger partial charge in [0.2, 0.25) is 0 Å². The Morgan fingerprint density at radius 1 is 1.28 bits per heavy atom. The van der Waals surface area contributed by atoms with Gasteiger partial charge >= 0.3 is 18.1 Å². The molecule has 0 bridgehead atoms. The molecule has 1 aromatic carbocycles. The molecular weight excluding hydrogens is 382 g/mol. The normalized spacial score (nSPS) is 21.2. The zero-order valence-electron chi connectivity index (χ0n) is 16.0. The minimum absolute atomic E-state index is 0.429. The van der Waals surface area contributed by atoms with Gasteiger partial charge in [-0.1, -0.05) is 24.3 Å². The number of nitrogens with zero attached hydrogens (tertiary/aromatic N) is 1. The quantitative estimate of drug-likeness (QED) is 0.555. The molecule has 0 aromatic heterocycles. The Morgan fingerprint density at radius 2 is 2.00 bits per heavy atom. The van der Waals surface area contributed by atoms with Crippen LogP contribution >= 0.6 is 0 Å². The lowest BCUT2D eigenvalue weighted by molar-refractivity contribution is -0.156. The van der Waals surface area contributed by atoms with Crippen molar-refractivity contribution >= 4 is 29.9 Å². The molecule has 1 aliphatic heterocycles. The molecule has 2 atom stereocenters. The van der Waals surface area contributed by atoms with Crippen molar-refractivity contribution in [3.63, 3.8) is 0 Å². The molecule has 1 aromatic rings. The molecule has 1 aliphatic carbocycles. The monoisotopic (exact) mass is 403 g/mol. The van der Waals surface area contributed by atoms with Gasteiger partial charge < -0.3 is 14.8 Å². The SMILES string of the molecule is COC(=O)NC(=O)[C@@H](C)OC(=O)CN1C(=O)N[C@]2(CCCc3ccccc32)C1=O. The first-order valence-corrected chi connectivity index (χ1v) is 9.09. The average molecular weight is 403 g/mol. The molecule has 2 N–H and O–H groups in total. The van der Waals surface area contributed by atoms with Crippen molar-refractivity contribution < 1.29 is 33.4 Å². The first-order valence-electron chi connectivity index (χ1n) is 9.09. The zero-order chi connectivity index (χ0) is 21.2. The van der Waals surface area contributed by atoms with Crippen LogP contribution in [0.15, 0.2) is 24.3 Å². The van der Waals surface area contributed by atoms with E-state index < -0.39 is 48.1 Å². The Hall–Kier alpha value is -3.43. The van der Waals surface area contributed by atoms with Crippen molar-refractivity contribution in [2.24, 2.45) is 0 Å². The summed E-state index contributed by atoms with van der Waals surface area (Å²) in [4.78, 5) is 61.3. The van der Waals surface area contributed by atoms with Crippen LogP contribution in [-0.2, 0) is 35.8 Å². The number of aryl methyl sites for hydroxylation is 1. The zero-order valence-corrected chi connectivity index (χ0v) is 16.0. The number of hydrogen-bond acceptors (Lipinski definition) is 7. The third-order valence-corrected chi connectivity index (χ3v) is 5.03. The number of esters is 1. The highest BCUT2D eigenvalue weighted by molar-refractivity contribution is 6.09. The molecule has 1 fully saturated rings.